The Morgan fingerprint density at radius 3 is 1.71 bits per heavy atom. The Bertz CT molecular complexity index is 1910. The molecule has 5 saturated heterocycles. The molecule has 1 unspecified atom stereocenters. The van der Waals surface area contributed by atoms with Crippen molar-refractivity contribution in [1.82, 2.24) is 0 Å². The molecule has 4 saturated carbocycles. The zero-order valence-corrected chi connectivity index (χ0v) is 43.5. The molecule has 0 bridgehead atoms. The van der Waals surface area contributed by atoms with Crippen LogP contribution >= 0.6 is 0 Å². The van der Waals surface area contributed by atoms with Gasteiger partial charge in [0.05, 0.1) is 51.3 Å². The zero-order valence-electron chi connectivity index (χ0n) is 43.5. The molecule has 9 aliphatic rings. The first-order valence-corrected chi connectivity index (χ1v) is 27.5. The zero-order chi connectivity index (χ0) is 55.1. The molecule has 16 N–H and O–H groups in total. The number of fused-ring (bicyclic) bond motifs is 7. The average Bonchev–Trinajstić information content (AvgIpc) is 3.94. The van der Waals surface area contributed by atoms with Crippen LogP contribution in [0.1, 0.15) is 85.5 Å². The van der Waals surface area contributed by atoms with Crippen molar-refractivity contribution in [2.75, 3.05) is 33.0 Å². The van der Waals surface area contributed by atoms with E-state index in [9.17, 15) is 81.7 Å². The number of hydrogen-bond acceptors (Lipinski definition) is 25. The molecule has 9 fully saturated rings. The standard InChI is InChI=1S/C51H86O25/c1-19(18-68-45-40(64)36(60)33(57)28(14-52)70-45)7-10-51(67)20(2)32-27(76-51)12-24-22-6-5-21-11-26(25(56)13-50(21,4)23(22)8-9-49(24,32)3)69-46-42(66)39(63)43(31(17-55)73-46)74-48-44(38(62)35(59)30(16-54)72-48)75-47-41(65)37(61)34(58)29(15-53)71-47/h19-48,52-67H,5-18H2,1-4H3/t19?,20-,21-,22+,23-,24-,25+,26+,27-,28+,29+,30+,31+,32-,33+,34-,35+,36-,37-,38-,39+,40+,41+,42+,43-,44+,45+,46+,47-,48-,49-,50-,51+/m0/s1. The Balaban J connectivity index is 0.797. The fraction of sp³-hybridized carbons (Fsp3) is 1.00. The van der Waals surface area contributed by atoms with Crippen LogP contribution in [-0.2, 0) is 42.6 Å². The average molecular weight is 1100 g/mol. The van der Waals surface area contributed by atoms with Crippen molar-refractivity contribution in [3.8, 4) is 0 Å². The van der Waals surface area contributed by atoms with E-state index < -0.39 is 167 Å². The van der Waals surface area contributed by atoms with Gasteiger partial charge < -0.3 is 124 Å². The second-order valence-corrected chi connectivity index (χ2v) is 24.4. The van der Waals surface area contributed by atoms with Crippen LogP contribution in [0.15, 0.2) is 0 Å². The predicted molar refractivity (Wildman–Crippen MR) is 253 cm³/mol. The van der Waals surface area contributed by atoms with Gasteiger partial charge in [0.15, 0.2) is 30.9 Å². The maximum absolute atomic E-state index is 12.1. The smallest absolute Gasteiger partial charge is 0.187 e. The van der Waals surface area contributed by atoms with E-state index >= 15 is 0 Å². The predicted octanol–water partition coefficient (Wildman–Crippen LogP) is -4.98. The fourth-order valence-corrected chi connectivity index (χ4v) is 15.7. The Labute approximate surface area is 441 Å². The topological polar surface area (TPSA) is 407 Å². The monoisotopic (exact) mass is 1100 g/mol. The highest BCUT2D eigenvalue weighted by atomic mass is 16.8. The molecule has 0 aromatic carbocycles. The van der Waals surface area contributed by atoms with Crippen LogP contribution in [0.5, 0.6) is 0 Å². The van der Waals surface area contributed by atoms with Crippen molar-refractivity contribution >= 4 is 0 Å². The van der Waals surface area contributed by atoms with Crippen LogP contribution in [-0.4, -0.2) is 262 Å². The summed E-state index contributed by atoms with van der Waals surface area (Å²) < 4.78 is 53.2. The molecule has 0 amide bonds. The molecule has 25 heteroatoms. The number of aliphatic hydroxyl groups is 16. The second-order valence-electron chi connectivity index (χ2n) is 24.4. The van der Waals surface area contributed by atoms with Gasteiger partial charge in [-0.2, -0.15) is 0 Å². The van der Waals surface area contributed by atoms with Gasteiger partial charge in [-0.25, -0.2) is 0 Å². The molecule has 5 heterocycles. The van der Waals surface area contributed by atoms with Gasteiger partial charge in [-0.3, -0.25) is 0 Å². The van der Waals surface area contributed by atoms with Crippen molar-refractivity contribution in [2.24, 2.45) is 52.3 Å². The van der Waals surface area contributed by atoms with Gasteiger partial charge in [-0.1, -0.05) is 27.7 Å². The lowest BCUT2D eigenvalue weighted by atomic mass is 9.44. The van der Waals surface area contributed by atoms with Crippen molar-refractivity contribution in [3.63, 3.8) is 0 Å². The van der Waals surface area contributed by atoms with E-state index in [0.29, 0.717) is 37.5 Å². The molecular formula is C51H86O25. The maximum atomic E-state index is 12.1. The summed E-state index contributed by atoms with van der Waals surface area (Å²) in [7, 11) is 0. The minimum Gasteiger partial charge on any atom is -0.394 e. The first-order chi connectivity index (χ1) is 35.9. The maximum Gasteiger partial charge on any atom is 0.187 e. The van der Waals surface area contributed by atoms with E-state index in [4.69, 9.17) is 42.6 Å². The molecule has 76 heavy (non-hydrogen) atoms. The van der Waals surface area contributed by atoms with Crippen LogP contribution in [0.3, 0.4) is 0 Å². The minimum absolute atomic E-state index is 0.0959. The van der Waals surface area contributed by atoms with Gasteiger partial charge in [0, 0.05) is 12.3 Å². The van der Waals surface area contributed by atoms with Crippen LogP contribution in [0.4, 0.5) is 0 Å². The minimum atomic E-state index is -1.94. The molecule has 0 spiro atoms. The van der Waals surface area contributed by atoms with Crippen LogP contribution < -0.4 is 0 Å². The Morgan fingerprint density at radius 2 is 1.08 bits per heavy atom. The Kier molecular flexibility index (Phi) is 18.3. The highest BCUT2D eigenvalue weighted by Gasteiger charge is 2.69. The van der Waals surface area contributed by atoms with Gasteiger partial charge in [-0.05, 0) is 97.7 Å². The summed E-state index contributed by atoms with van der Waals surface area (Å²) in [6, 6.07) is 0. The Hall–Kier alpha value is -1.00. The highest BCUT2D eigenvalue weighted by molar-refractivity contribution is 5.15. The summed E-state index contributed by atoms with van der Waals surface area (Å²) in [6.07, 6.45) is -28.6. The number of rotatable bonds is 16. The molecule has 0 aromatic rings. The lowest BCUT2D eigenvalue weighted by Crippen LogP contribution is -2.67. The van der Waals surface area contributed by atoms with Gasteiger partial charge in [0.2, 0.25) is 0 Å². The van der Waals surface area contributed by atoms with E-state index in [1.807, 2.05) is 6.92 Å². The first kappa shape index (κ1) is 59.6. The molecular weight excluding hydrogens is 1010 g/mol. The second kappa shape index (κ2) is 23.3. The van der Waals surface area contributed by atoms with E-state index in [0.717, 1.165) is 32.1 Å². The largest absolute Gasteiger partial charge is 0.394 e. The SMILES string of the molecule is CC(CC[C@@]1(O)O[C@H]2C[C@H]3[C@@H]4CC[C@H]5C[C@@H](O[C@@H]6O[C@H](CO)[C@H](O[C@@H]7O[C@H](CO)[C@@H](O)[C@H](O)[C@H]7O[C@@H]7O[C@H](CO)[C@H](O)[C@H](O)[C@H]7O)[C@H](O)[C@H]6O)[C@H](O)C[C@]5(C)[C@H]4CC[C@]3(C)[C@H]2[C@@H]1C)CO[C@@H]1O[C@H](CO)[C@@H](O)[C@H](O)[C@H]1O. The molecule has 4 aliphatic carbocycles. The number of aliphatic hydroxyl groups excluding tert-OH is 15. The fourth-order valence-electron chi connectivity index (χ4n) is 15.7. The summed E-state index contributed by atoms with van der Waals surface area (Å²) in [5.41, 5.74) is -0.363. The lowest BCUT2D eigenvalue weighted by molar-refractivity contribution is -0.391. The van der Waals surface area contributed by atoms with Gasteiger partial charge in [0.1, 0.15) is 97.7 Å². The summed E-state index contributed by atoms with van der Waals surface area (Å²) in [5.74, 6) is -0.406. The first-order valence-electron chi connectivity index (χ1n) is 27.5. The summed E-state index contributed by atoms with van der Waals surface area (Å²) in [6.45, 7) is 5.77. The van der Waals surface area contributed by atoms with E-state index in [1.165, 1.54) is 0 Å². The summed E-state index contributed by atoms with van der Waals surface area (Å²) in [4.78, 5) is 0. The van der Waals surface area contributed by atoms with E-state index in [1.54, 1.807) is 0 Å². The quantitative estimate of drug-likeness (QED) is 0.0644. The molecule has 5 aliphatic heterocycles. The molecule has 0 radical (unpaired) electrons. The third-order valence-electron chi connectivity index (χ3n) is 20.1. The molecule has 9 rings (SSSR count). The molecule has 0 aromatic heterocycles. The van der Waals surface area contributed by atoms with Crippen LogP contribution in [0.2, 0.25) is 0 Å². The van der Waals surface area contributed by atoms with E-state index in [2.05, 4.69) is 20.8 Å². The van der Waals surface area contributed by atoms with Crippen molar-refractivity contribution in [2.45, 2.75) is 232 Å². The van der Waals surface area contributed by atoms with Gasteiger partial charge in [0.25, 0.3) is 0 Å². The van der Waals surface area contributed by atoms with Gasteiger partial charge >= 0.3 is 0 Å². The third-order valence-corrected chi connectivity index (χ3v) is 20.1. The van der Waals surface area contributed by atoms with E-state index in [-0.39, 0.29) is 53.1 Å². The van der Waals surface area contributed by atoms with Crippen LogP contribution in [0.25, 0.3) is 0 Å². The van der Waals surface area contributed by atoms with Crippen LogP contribution in [0, 0.1) is 52.3 Å². The van der Waals surface area contributed by atoms with Crippen molar-refractivity contribution in [1.29, 1.82) is 0 Å². The number of hydrogen-bond donors (Lipinski definition) is 16. The Morgan fingerprint density at radius 1 is 0.553 bits per heavy atom. The third kappa shape index (κ3) is 10.6. The van der Waals surface area contributed by atoms with Gasteiger partial charge in [-0.15, -0.1) is 0 Å². The van der Waals surface area contributed by atoms with Crippen molar-refractivity contribution < 1.29 is 124 Å². The van der Waals surface area contributed by atoms with Crippen molar-refractivity contribution in [3.05, 3.63) is 0 Å². The lowest BCUT2D eigenvalue weighted by Gasteiger charge is -2.62. The number of ether oxygens (including phenoxy) is 9. The summed E-state index contributed by atoms with van der Waals surface area (Å²) in [5, 5.41) is 171. The molecule has 25 nitrogen and oxygen atoms in total. The normalized spacial score (nSPS) is 55.8. The molecule has 440 valence electrons. The molecule has 33 atom stereocenters. The highest BCUT2D eigenvalue weighted by Crippen LogP contribution is 2.71. The summed E-state index contributed by atoms with van der Waals surface area (Å²) >= 11 is 0.